The van der Waals surface area contributed by atoms with Gasteiger partial charge in [0, 0.05) is 36.5 Å². The molecule has 0 radical (unpaired) electrons. The normalized spacial score (nSPS) is 28.9. The van der Waals surface area contributed by atoms with E-state index in [1.165, 1.54) is 7.11 Å². The number of hydrogen-bond acceptors (Lipinski definition) is 7. The largest absolute Gasteiger partial charge is 0.495 e. The van der Waals surface area contributed by atoms with E-state index < -0.39 is 23.2 Å². The molecule has 35 heavy (non-hydrogen) atoms. The van der Waals surface area contributed by atoms with Crippen LogP contribution in [0.1, 0.15) is 22.6 Å². The van der Waals surface area contributed by atoms with Gasteiger partial charge in [0.15, 0.2) is 11.2 Å². The number of aromatic nitrogens is 1. The molecule has 1 aromatic heterocycles. The molecule has 0 unspecified atom stereocenters. The molecular weight excluding hydrogens is 512 g/mol. The van der Waals surface area contributed by atoms with Crippen molar-refractivity contribution in [3.8, 4) is 11.5 Å². The predicted octanol–water partition coefficient (Wildman–Crippen LogP) is 3.34. The fourth-order valence-electron chi connectivity index (χ4n) is 5.90. The minimum atomic E-state index is -1.79. The second-order valence-electron chi connectivity index (χ2n) is 9.02. The summed E-state index contributed by atoms with van der Waals surface area (Å²) in [6.45, 7) is 1.62. The number of aliphatic hydroxyl groups is 2. The molecule has 1 aliphatic carbocycles. The molecule has 8 heteroatoms. The average Bonchev–Trinajstić information content (AvgIpc) is 3.26. The van der Waals surface area contributed by atoms with E-state index in [0.29, 0.717) is 36.8 Å². The van der Waals surface area contributed by atoms with Crippen LogP contribution in [0.5, 0.6) is 11.5 Å². The molecule has 0 amide bonds. The van der Waals surface area contributed by atoms with Crippen LogP contribution >= 0.6 is 15.9 Å². The maximum atomic E-state index is 12.7. The number of methoxy groups -OCH3 is 2. The number of rotatable bonds is 8. The van der Waals surface area contributed by atoms with E-state index in [-0.39, 0.29) is 5.92 Å². The maximum Gasteiger partial charge on any atom is 0.177 e. The lowest BCUT2D eigenvalue weighted by Crippen LogP contribution is -2.52. The number of ether oxygens (including phenoxy) is 3. The van der Waals surface area contributed by atoms with Gasteiger partial charge in [0.25, 0.3) is 0 Å². The van der Waals surface area contributed by atoms with Crippen molar-refractivity contribution in [2.45, 2.75) is 23.2 Å². The van der Waals surface area contributed by atoms with E-state index in [0.717, 1.165) is 15.6 Å². The molecule has 0 bridgehead atoms. The minimum absolute atomic E-state index is 0.378. The molecule has 0 saturated heterocycles. The van der Waals surface area contributed by atoms with E-state index in [1.54, 1.807) is 19.5 Å². The highest BCUT2D eigenvalue weighted by atomic mass is 79.9. The fourth-order valence-corrected chi connectivity index (χ4v) is 6.16. The van der Waals surface area contributed by atoms with Crippen molar-refractivity contribution < 1.29 is 24.4 Å². The van der Waals surface area contributed by atoms with Crippen molar-refractivity contribution in [3.05, 3.63) is 88.2 Å². The van der Waals surface area contributed by atoms with Gasteiger partial charge < -0.3 is 29.7 Å². The molecule has 3 aromatic rings. The van der Waals surface area contributed by atoms with Crippen molar-refractivity contribution in [1.82, 2.24) is 10.3 Å². The quantitative estimate of drug-likeness (QED) is 0.377. The minimum Gasteiger partial charge on any atom is -0.495 e. The van der Waals surface area contributed by atoms with Crippen LogP contribution < -0.4 is 14.8 Å². The van der Waals surface area contributed by atoms with E-state index >= 15 is 0 Å². The average molecular weight is 541 g/mol. The molecule has 1 saturated carbocycles. The zero-order valence-electron chi connectivity index (χ0n) is 19.6. The van der Waals surface area contributed by atoms with Gasteiger partial charge in [-0.25, -0.2) is 0 Å². The third-order valence-electron chi connectivity index (χ3n) is 7.31. The summed E-state index contributed by atoms with van der Waals surface area (Å²) < 4.78 is 18.5. The van der Waals surface area contributed by atoms with E-state index in [4.69, 9.17) is 14.2 Å². The summed E-state index contributed by atoms with van der Waals surface area (Å²) in [6.07, 6.45) is 1.96. The lowest BCUT2D eigenvalue weighted by Gasteiger charge is -2.41. The Labute approximate surface area is 213 Å². The van der Waals surface area contributed by atoms with Crippen molar-refractivity contribution in [3.63, 3.8) is 0 Å². The Morgan fingerprint density at radius 3 is 2.51 bits per heavy atom. The molecule has 7 nitrogen and oxygen atoms in total. The third-order valence-corrected chi connectivity index (χ3v) is 7.84. The van der Waals surface area contributed by atoms with Crippen molar-refractivity contribution in [2.75, 3.05) is 33.9 Å². The van der Waals surface area contributed by atoms with Crippen LogP contribution in [0.4, 0.5) is 0 Å². The first-order valence-electron chi connectivity index (χ1n) is 11.6. The zero-order valence-corrected chi connectivity index (χ0v) is 21.2. The van der Waals surface area contributed by atoms with Crippen LogP contribution in [0.15, 0.2) is 71.5 Å². The lowest BCUT2D eigenvalue weighted by atomic mass is 9.70. The molecule has 5 atom stereocenters. The van der Waals surface area contributed by atoms with Crippen LogP contribution in [0.2, 0.25) is 0 Å². The van der Waals surface area contributed by atoms with Gasteiger partial charge in [0.05, 0.1) is 37.8 Å². The first-order valence-corrected chi connectivity index (χ1v) is 12.4. The van der Waals surface area contributed by atoms with E-state index in [1.807, 2.05) is 54.6 Å². The Morgan fingerprint density at radius 2 is 1.83 bits per heavy atom. The molecule has 1 aliphatic heterocycles. The summed E-state index contributed by atoms with van der Waals surface area (Å²) in [7, 11) is 3.18. The Morgan fingerprint density at radius 1 is 1.09 bits per heavy atom. The number of pyridine rings is 1. The van der Waals surface area contributed by atoms with Crippen molar-refractivity contribution in [1.29, 1.82) is 0 Å². The highest BCUT2D eigenvalue weighted by Gasteiger charge is 2.76. The third kappa shape index (κ3) is 3.58. The summed E-state index contributed by atoms with van der Waals surface area (Å²) in [5, 5.41) is 28.1. The number of halogens is 1. The molecule has 184 valence electrons. The smallest absolute Gasteiger partial charge is 0.177 e. The Bertz CT molecular complexity index is 1180. The number of benzene rings is 2. The zero-order chi connectivity index (χ0) is 24.6. The highest BCUT2D eigenvalue weighted by molar-refractivity contribution is 9.10. The second kappa shape index (κ2) is 9.52. The maximum absolute atomic E-state index is 12.7. The van der Waals surface area contributed by atoms with Crippen molar-refractivity contribution in [2.24, 2.45) is 5.92 Å². The first-order chi connectivity index (χ1) is 17.0. The predicted molar refractivity (Wildman–Crippen MR) is 135 cm³/mol. The van der Waals surface area contributed by atoms with E-state index in [9.17, 15) is 10.2 Å². The number of nitrogens with one attached hydrogen (secondary N) is 1. The van der Waals surface area contributed by atoms with Crippen LogP contribution in [0.25, 0.3) is 0 Å². The lowest BCUT2D eigenvalue weighted by molar-refractivity contribution is -0.152. The second-order valence-corrected chi connectivity index (χ2v) is 9.94. The molecule has 2 aromatic carbocycles. The summed E-state index contributed by atoms with van der Waals surface area (Å²) in [4.78, 5) is 4.26. The van der Waals surface area contributed by atoms with Crippen LogP contribution in [-0.4, -0.2) is 55.2 Å². The Kier molecular flexibility index (Phi) is 6.59. The van der Waals surface area contributed by atoms with Gasteiger partial charge in [0.2, 0.25) is 0 Å². The molecular formula is C27H29BrN2O5. The van der Waals surface area contributed by atoms with Gasteiger partial charge in [-0.3, -0.25) is 4.98 Å². The summed E-state index contributed by atoms with van der Waals surface area (Å²) in [5.41, 5.74) is -0.970. The number of nitrogens with zero attached hydrogens (tertiary/aromatic N) is 1. The van der Waals surface area contributed by atoms with Crippen LogP contribution in [0.3, 0.4) is 0 Å². The molecule has 1 fully saturated rings. The van der Waals surface area contributed by atoms with E-state index in [2.05, 4.69) is 26.2 Å². The molecule has 2 aliphatic rings. The molecule has 5 rings (SSSR count). The Balaban J connectivity index is 1.76. The molecule has 3 N–H and O–H groups in total. The van der Waals surface area contributed by atoms with Gasteiger partial charge in [-0.15, -0.1) is 0 Å². The van der Waals surface area contributed by atoms with Gasteiger partial charge in [-0.05, 0) is 23.3 Å². The topological polar surface area (TPSA) is 93.1 Å². The number of hydrogen-bond donors (Lipinski definition) is 3. The van der Waals surface area contributed by atoms with Gasteiger partial charge in [0.1, 0.15) is 11.5 Å². The first kappa shape index (κ1) is 24.2. The Hall–Kier alpha value is -2.49. The SMILES string of the molecule is COCCNC[C@H]1[C@@H](O)[C@@]2(O)c3c(OC)cncc3O[C@@]2(c2ccc(Br)cc2)[C@@H]1c1ccccc1. The van der Waals surface area contributed by atoms with Crippen LogP contribution in [-0.2, 0) is 15.9 Å². The standard InChI is InChI=1S/C27H29BrN2O5/c1-33-13-12-29-14-20-23(17-6-4-3-5-7-17)27(18-8-10-19(28)11-9-18)26(32,25(20)31)24-21(34-2)15-30-16-22(24)35-27/h3-11,15-16,20,23,25,29,31-32H,12-14H2,1-2H3/t20-,23-,25-,26+,27+/m1/s1. The summed E-state index contributed by atoms with van der Waals surface area (Å²) in [5.74, 6) is 0.00864. The van der Waals surface area contributed by atoms with Gasteiger partial charge in [-0.2, -0.15) is 0 Å². The number of fused-ring (bicyclic) bond motifs is 3. The monoisotopic (exact) mass is 540 g/mol. The highest BCUT2D eigenvalue weighted by Crippen LogP contribution is 2.69. The summed E-state index contributed by atoms with van der Waals surface area (Å²) >= 11 is 3.52. The van der Waals surface area contributed by atoms with Crippen molar-refractivity contribution >= 4 is 15.9 Å². The fraction of sp³-hybridized carbons (Fsp3) is 0.370. The molecule has 2 heterocycles. The van der Waals surface area contributed by atoms with Gasteiger partial charge >= 0.3 is 0 Å². The van der Waals surface area contributed by atoms with Crippen LogP contribution in [0, 0.1) is 5.92 Å². The molecule has 0 spiro atoms. The number of aliphatic hydroxyl groups excluding tert-OH is 1. The van der Waals surface area contributed by atoms with Gasteiger partial charge in [-0.1, -0.05) is 58.4 Å². The summed E-state index contributed by atoms with van der Waals surface area (Å²) in [6, 6.07) is 17.6.